The molecule has 0 aliphatic carbocycles. The number of esters is 1. The number of para-hydroxylation sites is 1. The van der Waals surface area contributed by atoms with Gasteiger partial charge in [-0.3, -0.25) is 9.59 Å². The maximum atomic E-state index is 14.5. The molecule has 1 aliphatic heterocycles. The zero-order valence-corrected chi connectivity index (χ0v) is 20.9. The Labute approximate surface area is 206 Å². The molecule has 0 spiro atoms. The van der Waals surface area contributed by atoms with E-state index in [1.54, 1.807) is 13.0 Å². The molecule has 35 heavy (non-hydrogen) atoms. The van der Waals surface area contributed by atoms with Gasteiger partial charge in [0.1, 0.15) is 12.4 Å². The van der Waals surface area contributed by atoms with Crippen LogP contribution in [0, 0.1) is 5.82 Å². The van der Waals surface area contributed by atoms with Gasteiger partial charge in [0.05, 0.1) is 21.7 Å². The molecule has 11 heteroatoms. The molecular formula is C24H26FN3O5S2. The van der Waals surface area contributed by atoms with E-state index in [4.69, 9.17) is 4.74 Å². The predicted octanol–water partition coefficient (Wildman–Crippen LogP) is 3.71. The van der Waals surface area contributed by atoms with Gasteiger partial charge in [-0.05, 0) is 56.2 Å². The fraction of sp³-hybridized carbons (Fsp3) is 0.375. The van der Waals surface area contributed by atoms with Gasteiger partial charge in [-0.25, -0.2) is 12.8 Å². The van der Waals surface area contributed by atoms with E-state index >= 15 is 0 Å². The standard InChI is InChI=1S/C24H26FN3O5S2/c1-2-33-21(29)16-28-22-19(25)8-7-9-20(22)34-24(28)26-23(30)17-10-12-18(13-11-17)35(31,32)27-14-5-3-4-6-15-27/h7-13H,2-6,14-16H2,1H3. The van der Waals surface area contributed by atoms with E-state index in [1.807, 2.05) is 0 Å². The van der Waals surface area contributed by atoms with Crippen LogP contribution in [0.25, 0.3) is 10.2 Å². The number of aromatic nitrogens is 1. The lowest BCUT2D eigenvalue weighted by Gasteiger charge is -2.19. The van der Waals surface area contributed by atoms with Gasteiger partial charge in [0.2, 0.25) is 10.0 Å². The lowest BCUT2D eigenvalue weighted by Crippen LogP contribution is -2.31. The molecule has 3 aromatic rings. The number of fused-ring (bicyclic) bond motifs is 1. The second-order valence-corrected chi connectivity index (χ2v) is 11.1. The number of carbonyl (C=O) groups is 2. The summed E-state index contributed by atoms with van der Waals surface area (Å²) in [5.41, 5.74) is 0.344. The van der Waals surface area contributed by atoms with Crippen LogP contribution in [-0.2, 0) is 26.1 Å². The van der Waals surface area contributed by atoms with E-state index in [0.717, 1.165) is 37.0 Å². The number of rotatable bonds is 6. The van der Waals surface area contributed by atoms with E-state index in [-0.39, 0.29) is 33.9 Å². The SMILES string of the molecule is CCOC(=O)Cn1c(=NC(=O)c2ccc(S(=O)(=O)N3CCCCCC3)cc2)sc2cccc(F)c21. The van der Waals surface area contributed by atoms with Crippen molar-refractivity contribution in [2.24, 2.45) is 4.99 Å². The number of ether oxygens (including phenoxy) is 1. The lowest BCUT2D eigenvalue weighted by atomic mass is 10.2. The van der Waals surface area contributed by atoms with Crippen molar-refractivity contribution in [3.05, 3.63) is 58.6 Å². The van der Waals surface area contributed by atoms with E-state index in [0.29, 0.717) is 17.8 Å². The molecule has 2 aromatic carbocycles. The number of sulfonamides is 1. The first-order valence-electron chi connectivity index (χ1n) is 11.4. The summed E-state index contributed by atoms with van der Waals surface area (Å²) in [4.78, 5) is 29.4. The first-order valence-corrected chi connectivity index (χ1v) is 13.7. The highest BCUT2D eigenvalue weighted by atomic mass is 32.2. The highest BCUT2D eigenvalue weighted by molar-refractivity contribution is 7.89. The third-order valence-electron chi connectivity index (χ3n) is 5.75. The molecule has 8 nitrogen and oxygen atoms in total. The van der Waals surface area contributed by atoms with Crippen molar-refractivity contribution in [3.63, 3.8) is 0 Å². The van der Waals surface area contributed by atoms with E-state index in [1.165, 1.54) is 45.3 Å². The summed E-state index contributed by atoms with van der Waals surface area (Å²) < 4.78 is 48.8. The van der Waals surface area contributed by atoms with Crippen LogP contribution in [0.15, 0.2) is 52.4 Å². The number of halogens is 1. The van der Waals surface area contributed by atoms with Crippen LogP contribution in [0.3, 0.4) is 0 Å². The Morgan fingerprint density at radius 1 is 1.06 bits per heavy atom. The van der Waals surface area contributed by atoms with Crippen LogP contribution in [0.5, 0.6) is 0 Å². The van der Waals surface area contributed by atoms with Crippen molar-refractivity contribution in [3.8, 4) is 0 Å². The Hall–Kier alpha value is -2.89. The molecule has 2 heterocycles. The Morgan fingerprint density at radius 2 is 1.74 bits per heavy atom. The van der Waals surface area contributed by atoms with Crippen molar-refractivity contribution < 1.29 is 27.1 Å². The number of hydrogen-bond acceptors (Lipinski definition) is 6. The third kappa shape index (κ3) is 5.52. The molecule has 1 aliphatic rings. The van der Waals surface area contributed by atoms with Gasteiger partial charge in [0.25, 0.3) is 5.91 Å². The monoisotopic (exact) mass is 519 g/mol. The Balaban J connectivity index is 1.65. The van der Waals surface area contributed by atoms with Crippen LogP contribution >= 0.6 is 11.3 Å². The highest BCUT2D eigenvalue weighted by Crippen LogP contribution is 2.22. The van der Waals surface area contributed by atoms with Gasteiger partial charge in [-0.15, -0.1) is 0 Å². The van der Waals surface area contributed by atoms with Gasteiger partial charge in [0, 0.05) is 18.7 Å². The van der Waals surface area contributed by atoms with Gasteiger partial charge < -0.3 is 9.30 Å². The summed E-state index contributed by atoms with van der Waals surface area (Å²) in [6.07, 6.45) is 3.68. The molecular weight excluding hydrogens is 493 g/mol. The molecule has 1 aromatic heterocycles. The van der Waals surface area contributed by atoms with Crippen molar-refractivity contribution in [1.82, 2.24) is 8.87 Å². The third-order valence-corrected chi connectivity index (χ3v) is 8.70. The minimum absolute atomic E-state index is 0.122. The quantitative estimate of drug-likeness (QED) is 0.463. The van der Waals surface area contributed by atoms with Gasteiger partial charge in [-0.1, -0.05) is 30.2 Å². The molecule has 0 N–H and O–H groups in total. The zero-order chi connectivity index (χ0) is 25.0. The normalized spacial score (nSPS) is 15.8. The molecule has 0 unspecified atom stereocenters. The molecule has 186 valence electrons. The molecule has 0 saturated carbocycles. The first kappa shape index (κ1) is 25.2. The van der Waals surface area contributed by atoms with Crippen LogP contribution in [0.1, 0.15) is 43.0 Å². The Bertz CT molecular complexity index is 1400. The van der Waals surface area contributed by atoms with Gasteiger partial charge in [0.15, 0.2) is 4.80 Å². The zero-order valence-electron chi connectivity index (χ0n) is 19.3. The average Bonchev–Trinajstić information content (AvgIpc) is 3.00. The molecule has 0 atom stereocenters. The summed E-state index contributed by atoms with van der Waals surface area (Å²) in [7, 11) is -3.64. The van der Waals surface area contributed by atoms with Crippen molar-refractivity contribution in [2.45, 2.75) is 44.0 Å². The predicted molar refractivity (Wildman–Crippen MR) is 130 cm³/mol. The number of nitrogens with zero attached hydrogens (tertiary/aromatic N) is 3. The van der Waals surface area contributed by atoms with Crippen molar-refractivity contribution in [2.75, 3.05) is 19.7 Å². The van der Waals surface area contributed by atoms with Crippen LogP contribution in [0.2, 0.25) is 0 Å². The molecule has 4 rings (SSSR count). The van der Waals surface area contributed by atoms with E-state index in [9.17, 15) is 22.4 Å². The lowest BCUT2D eigenvalue weighted by molar-refractivity contribution is -0.143. The Morgan fingerprint density at radius 3 is 2.40 bits per heavy atom. The second-order valence-electron chi connectivity index (χ2n) is 8.12. The first-order chi connectivity index (χ1) is 16.8. The van der Waals surface area contributed by atoms with Crippen LogP contribution in [0.4, 0.5) is 4.39 Å². The van der Waals surface area contributed by atoms with Crippen LogP contribution < -0.4 is 4.80 Å². The summed E-state index contributed by atoms with van der Waals surface area (Å²) in [6, 6.07) is 10.1. The topological polar surface area (TPSA) is 98.0 Å². The highest BCUT2D eigenvalue weighted by Gasteiger charge is 2.25. The summed E-state index contributed by atoms with van der Waals surface area (Å²) in [6.45, 7) is 2.51. The fourth-order valence-electron chi connectivity index (χ4n) is 4.01. The molecule has 0 radical (unpaired) electrons. The largest absolute Gasteiger partial charge is 0.465 e. The minimum Gasteiger partial charge on any atom is -0.465 e. The maximum absolute atomic E-state index is 14.5. The van der Waals surface area contributed by atoms with Gasteiger partial charge >= 0.3 is 5.97 Å². The fourth-order valence-corrected chi connectivity index (χ4v) is 6.57. The summed E-state index contributed by atoms with van der Waals surface area (Å²) in [5.74, 6) is -1.75. The second kappa shape index (κ2) is 10.8. The van der Waals surface area contributed by atoms with Gasteiger partial charge in [-0.2, -0.15) is 9.30 Å². The number of hydrogen-bond donors (Lipinski definition) is 0. The number of thiazole rings is 1. The molecule has 0 bridgehead atoms. The Kier molecular flexibility index (Phi) is 7.78. The molecule has 1 amide bonds. The molecule has 1 saturated heterocycles. The maximum Gasteiger partial charge on any atom is 0.326 e. The number of benzene rings is 2. The number of carbonyl (C=O) groups excluding carboxylic acids is 2. The van der Waals surface area contributed by atoms with Crippen LogP contribution in [-0.4, -0.2) is 48.9 Å². The van der Waals surface area contributed by atoms with Crippen molar-refractivity contribution in [1.29, 1.82) is 0 Å². The van der Waals surface area contributed by atoms with E-state index in [2.05, 4.69) is 4.99 Å². The minimum atomic E-state index is -3.64. The van der Waals surface area contributed by atoms with E-state index < -0.39 is 27.7 Å². The van der Waals surface area contributed by atoms with Crippen molar-refractivity contribution >= 4 is 43.5 Å². The summed E-state index contributed by atoms with van der Waals surface area (Å²) >= 11 is 1.07. The smallest absolute Gasteiger partial charge is 0.326 e. The number of amides is 1. The summed E-state index contributed by atoms with van der Waals surface area (Å²) in [5, 5.41) is 0. The average molecular weight is 520 g/mol. The molecule has 1 fully saturated rings.